The number of methoxy groups -OCH3 is 1. The van der Waals surface area contributed by atoms with Crippen LogP contribution < -0.4 is 9.47 Å². The van der Waals surface area contributed by atoms with Crippen LogP contribution in [0.2, 0.25) is 0 Å². The lowest BCUT2D eigenvalue weighted by molar-refractivity contribution is 0.0511. The highest BCUT2D eigenvalue weighted by Crippen LogP contribution is 2.17. The first-order valence-electron chi connectivity index (χ1n) is 4.32. The van der Waals surface area contributed by atoms with E-state index in [-0.39, 0.29) is 6.79 Å². The van der Waals surface area contributed by atoms with Crippen molar-refractivity contribution in [2.75, 3.05) is 20.5 Å². The van der Waals surface area contributed by atoms with Crippen LogP contribution >= 0.6 is 0 Å². The van der Waals surface area contributed by atoms with Gasteiger partial charge in [-0.2, -0.15) is 0 Å². The molecule has 0 atom stereocenters. The van der Waals surface area contributed by atoms with Crippen LogP contribution in [0.3, 0.4) is 0 Å². The molecule has 0 unspecified atom stereocenters. The van der Waals surface area contributed by atoms with Crippen LogP contribution in [-0.4, -0.2) is 20.5 Å². The molecule has 0 saturated carbocycles. The summed E-state index contributed by atoms with van der Waals surface area (Å²) < 4.78 is 15.3. The summed E-state index contributed by atoms with van der Waals surface area (Å²) in [5.74, 6) is 1.56. The first-order chi connectivity index (χ1) is 6.86. The van der Waals surface area contributed by atoms with Crippen molar-refractivity contribution in [1.29, 1.82) is 0 Å². The molecule has 0 N–H and O–H groups in total. The Bertz CT molecular complexity index is 266. The third kappa shape index (κ3) is 3.49. The molecule has 0 aliphatic rings. The standard InChI is InChI=1S/C11H14O3/c1-3-8-13-10-4-6-11(7-5-10)14-9-12-2/h3-7H,1,8-9H2,2H3. The van der Waals surface area contributed by atoms with E-state index in [1.165, 1.54) is 0 Å². The smallest absolute Gasteiger partial charge is 0.188 e. The highest BCUT2D eigenvalue weighted by atomic mass is 16.7. The summed E-state index contributed by atoms with van der Waals surface area (Å²) in [6.45, 7) is 4.34. The Labute approximate surface area is 83.9 Å². The molecule has 76 valence electrons. The summed E-state index contributed by atoms with van der Waals surface area (Å²) in [5.41, 5.74) is 0. The molecule has 0 aliphatic carbocycles. The topological polar surface area (TPSA) is 27.7 Å². The van der Waals surface area contributed by atoms with Gasteiger partial charge in [0.2, 0.25) is 0 Å². The fraction of sp³-hybridized carbons (Fsp3) is 0.273. The largest absolute Gasteiger partial charge is 0.490 e. The third-order valence-corrected chi connectivity index (χ3v) is 1.54. The fourth-order valence-electron chi connectivity index (χ4n) is 0.914. The Morgan fingerprint density at radius 2 is 1.71 bits per heavy atom. The van der Waals surface area contributed by atoms with Crippen molar-refractivity contribution >= 4 is 0 Å². The molecule has 0 saturated heterocycles. The Morgan fingerprint density at radius 1 is 1.14 bits per heavy atom. The molecule has 3 nitrogen and oxygen atoms in total. The molecule has 0 fully saturated rings. The Morgan fingerprint density at radius 3 is 2.21 bits per heavy atom. The molecular weight excluding hydrogens is 180 g/mol. The Hall–Kier alpha value is -1.48. The number of hydrogen-bond acceptors (Lipinski definition) is 3. The molecule has 0 heterocycles. The zero-order chi connectivity index (χ0) is 10.2. The second kappa shape index (κ2) is 6.05. The number of ether oxygens (including phenoxy) is 3. The molecular formula is C11H14O3. The maximum absolute atomic E-state index is 5.31. The normalized spacial score (nSPS) is 9.50. The van der Waals surface area contributed by atoms with E-state index in [1.54, 1.807) is 13.2 Å². The van der Waals surface area contributed by atoms with Gasteiger partial charge in [-0.1, -0.05) is 12.7 Å². The van der Waals surface area contributed by atoms with Gasteiger partial charge in [0.1, 0.15) is 18.1 Å². The molecule has 0 spiro atoms. The van der Waals surface area contributed by atoms with Gasteiger partial charge >= 0.3 is 0 Å². The van der Waals surface area contributed by atoms with Crippen LogP contribution in [0, 0.1) is 0 Å². The molecule has 0 bridgehead atoms. The SMILES string of the molecule is C=CCOc1ccc(OCOC)cc1. The van der Waals surface area contributed by atoms with Crippen LogP contribution in [-0.2, 0) is 4.74 Å². The number of hydrogen-bond donors (Lipinski definition) is 0. The fourth-order valence-corrected chi connectivity index (χ4v) is 0.914. The van der Waals surface area contributed by atoms with Crippen molar-refractivity contribution in [3.05, 3.63) is 36.9 Å². The average molecular weight is 194 g/mol. The number of benzene rings is 1. The molecule has 1 rings (SSSR count). The van der Waals surface area contributed by atoms with Crippen molar-refractivity contribution in [3.63, 3.8) is 0 Å². The minimum absolute atomic E-state index is 0.257. The molecule has 14 heavy (non-hydrogen) atoms. The summed E-state index contributed by atoms with van der Waals surface area (Å²) in [5, 5.41) is 0. The summed E-state index contributed by atoms with van der Waals surface area (Å²) in [7, 11) is 1.58. The summed E-state index contributed by atoms with van der Waals surface area (Å²) in [6.07, 6.45) is 1.70. The maximum Gasteiger partial charge on any atom is 0.188 e. The molecule has 0 amide bonds. The van der Waals surface area contributed by atoms with E-state index in [9.17, 15) is 0 Å². The second-order valence-corrected chi connectivity index (χ2v) is 2.62. The zero-order valence-corrected chi connectivity index (χ0v) is 8.23. The van der Waals surface area contributed by atoms with E-state index in [0.29, 0.717) is 6.61 Å². The summed E-state index contributed by atoms with van der Waals surface area (Å²) >= 11 is 0. The zero-order valence-electron chi connectivity index (χ0n) is 8.23. The van der Waals surface area contributed by atoms with Crippen molar-refractivity contribution in [3.8, 4) is 11.5 Å². The molecule has 1 aromatic rings. The van der Waals surface area contributed by atoms with Gasteiger partial charge in [0.15, 0.2) is 6.79 Å². The minimum Gasteiger partial charge on any atom is -0.490 e. The van der Waals surface area contributed by atoms with E-state index in [2.05, 4.69) is 6.58 Å². The summed E-state index contributed by atoms with van der Waals surface area (Å²) in [4.78, 5) is 0. The van der Waals surface area contributed by atoms with E-state index in [0.717, 1.165) is 11.5 Å². The minimum atomic E-state index is 0.257. The molecule has 3 heteroatoms. The van der Waals surface area contributed by atoms with E-state index in [4.69, 9.17) is 14.2 Å². The van der Waals surface area contributed by atoms with Gasteiger partial charge in [0.25, 0.3) is 0 Å². The van der Waals surface area contributed by atoms with Crippen LogP contribution in [0.25, 0.3) is 0 Å². The highest BCUT2D eigenvalue weighted by Gasteiger charge is 1.94. The molecule has 0 radical (unpaired) electrons. The van der Waals surface area contributed by atoms with Gasteiger partial charge in [-0.05, 0) is 24.3 Å². The van der Waals surface area contributed by atoms with Gasteiger partial charge in [-0.25, -0.2) is 0 Å². The lowest BCUT2D eigenvalue weighted by atomic mass is 10.3. The van der Waals surface area contributed by atoms with Gasteiger partial charge in [-0.15, -0.1) is 0 Å². The van der Waals surface area contributed by atoms with Gasteiger partial charge in [0, 0.05) is 7.11 Å². The van der Waals surface area contributed by atoms with Crippen LogP contribution in [0.15, 0.2) is 36.9 Å². The molecule has 0 aliphatic heterocycles. The van der Waals surface area contributed by atoms with Crippen molar-refractivity contribution < 1.29 is 14.2 Å². The van der Waals surface area contributed by atoms with Gasteiger partial charge < -0.3 is 14.2 Å². The average Bonchev–Trinajstić information content (AvgIpc) is 2.25. The maximum atomic E-state index is 5.31. The second-order valence-electron chi connectivity index (χ2n) is 2.62. The molecule has 0 aromatic heterocycles. The lowest BCUT2D eigenvalue weighted by Gasteiger charge is -2.06. The van der Waals surface area contributed by atoms with Crippen LogP contribution in [0.1, 0.15) is 0 Å². The third-order valence-electron chi connectivity index (χ3n) is 1.54. The van der Waals surface area contributed by atoms with E-state index < -0.39 is 0 Å². The van der Waals surface area contributed by atoms with Crippen LogP contribution in [0.4, 0.5) is 0 Å². The monoisotopic (exact) mass is 194 g/mol. The first kappa shape index (κ1) is 10.6. The summed E-state index contributed by atoms with van der Waals surface area (Å²) in [6, 6.07) is 7.35. The highest BCUT2D eigenvalue weighted by molar-refractivity contribution is 5.31. The molecule has 1 aromatic carbocycles. The number of rotatable bonds is 6. The van der Waals surface area contributed by atoms with E-state index >= 15 is 0 Å². The predicted octanol–water partition coefficient (Wildman–Crippen LogP) is 2.23. The Kier molecular flexibility index (Phi) is 4.58. The van der Waals surface area contributed by atoms with E-state index in [1.807, 2.05) is 24.3 Å². The predicted molar refractivity (Wildman–Crippen MR) is 54.6 cm³/mol. The van der Waals surface area contributed by atoms with Gasteiger partial charge in [0.05, 0.1) is 0 Å². The lowest BCUT2D eigenvalue weighted by Crippen LogP contribution is -1.98. The van der Waals surface area contributed by atoms with Crippen LogP contribution in [0.5, 0.6) is 11.5 Å². The van der Waals surface area contributed by atoms with Crippen molar-refractivity contribution in [2.24, 2.45) is 0 Å². The Balaban J connectivity index is 2.46. The first-order valence-corrected chi connectivity index (χ1v) is 4.32. The van der Waals surface area contributed by atoms with Crippen molar-refractivity contribution in [2.45, 2.75) is 0 Å². The van der Waals surface area contributed by atoms with Crippen molar-refractivity contribution in [1.82, 2.24) is 0 Å². The quantitative estimate of drug-likeness (QED) is 0.513. The van der Waals surface area contributed by atoms with Gasteiger partial charge in [-0.3, -0.25) is 0 Å².